The summed E-state index contributed by atoms with van der Waals surface area (Å²) in [7, 11) is -2.13. The number of carbonyl (C=O) groups is 1. The molecule has 0 saturated carbocycles. The lowest BCUT2D eigenvalue weighted by molar-refractivity contribution is -0.128. The number of carbonyl (C=O) groups excluding carboxylic acids is 1. The molecule has 0 saturated heterocycles. The highest BCUT2D eigenvalue weighted by molar-refractivity contribution is 7.89. The van der Waals surface area contributed by atoms with Crippen molar-refractivity contribution in [1.29, 1.82) is 0 Å². The number of benzene rings is 1. The highest BCUT2D eigenvalue weighted by Gasteiger charge is 2.16. The first-order valence-corrected chi connectivity index (χ1v) is 7.91. The molecule has 1 amide bonds. The zero-order chi connectivity index (χ0) is 15.9. The number of nitrogens with two attached hydrogens (primary N) is 1. The third-order valence-electron chi connectivity index (χ3n) is 2.79. The van der Waals surface area contributed by atoms with Gasteiger partial charge in [0.25, 0.3) is 0 Å². The largest absolute Gasteiger partial charge is 0.345 e. The summed E-state index contributed by atoms with van der Waals surface area (Å²) in [6.07, 6.45) is 0. The van der Waals surface area contributed by atoms with Gasteiger partial charge in [0, 0.05) is 19.2 Å². The van der Waals surface area contributed by atoms with Gasteiger partial charge in [-0.15, -0.1) is 0 Å². The second-order valence-corrected chi connectivity index (χ2v) is 6.03. The first-order valence-electron chi connectivity index (χ1n) is 6.43. The highest BCUT2D eigenvalue weighted by atomic mass is 32.2. The minimum atomic E-state index is -3.74. The van der Waals surface area contributed by atoms with Crippen LogP contribution < -0.4 is 10.5 Å². The molecule has 6 nitrogen and oxygen atoms in total. The molecule has 0 aliphatic heterocycles. The van der Waals surface area contributed by atoms with Crippen LogP contribution in [-0.2, 0) is 14.8 Å². The van der Waals surface area contributed by atoms with E-state index in [1.807, 2.05) is 6.92 Å². The molecule has 0 radical (unpaired) electrons. The Morgan fingerprint density at radius 3 is 2.76 bits per heavy atom. The first-order chi connectivity index (χ1) is 9.90. The molecule has 1 aromatic carbocycles. The van der Waals surface area contributed by atoms with E-state index in [2.05, 4.69) is 16.6 Å². The molecule has 7 heteroatoms. The van der Waals surface area contributed by atoms with E-state index in [1.54, 1.807) is 19.2 Å². The summed E-state index contributed by atoms with van der Waals surface area (Å²) in [5.41, 5.74) is 5.83. The van der Waals surface area contributed by atoms with Crippen LogP contribution in [0.3, 0.4) is 0 Å². The van der Waals surface area contributed by atoms with Crippen molar-refractivity contribution in [3.8, 4) is 11.8 Å². The van der Waals surface area contributed by atoms with E-state index in [-0.39, 0.29) is 23.9 Å². The van der Waals surface area contributed by atoms with Gasteiger partial charge in [-0.05, 0) is 25.1 Å². The predicted molar refractivity (Wildman–Crippen MR) is 80.9 cm³/mol. The Kier molecular flexibility index (Phi) is 6.37. The molecule has 0 fully saturated rings. The summed E-state index contributed by atoms with van der Waals surface area (Å²) in [6.45, 7) is 2.26. The molecule has 21 heavy (non-hydrogen) atoms. The fourth-order valence-electron chi connectivity index (χ4n) is 1.45. The number of hydrogen-bond donors (Lipinski definition) is 2. The van der Waals surface area contributed by atoms with E-state index in [9.17, 15) is 13.2 Å². The van der Waals surface area contributed by atoms with Crippen molar-refractivity contribution in [1.82, 2.24) is 9.62 Å². The van der Waals surface area contributed by atoms with Crippen LogP contribution in [-0.4, -0.2) is 45.9 Å². The molecular formula is C14H19N3O3S. The number of nitrogens with one attached hydrogen (secondary N) is 1. The van der Waals surface area contributed by atoms with Gasteiger partial charge in [-0.3, -0.25) is 4.79 Å². The lowest BCUT2D eigenvalue weighted by Crippen LogP contribution is -2.37. The Balaban J connectivity index is 2.86. The lowest BCUT2D eigenvalue weighted by Gasteiger charge is -2.14. The third-order valence-corrected chi connectivity index (χ3v) is 4.19. The second-order valence-electron chi connectivity index (χ2n) is 4.27. The highest BCUT2D eigenvalue weighted by Crippen LogP contribution is 2.10. The summed E-state index contributed by atoms with van der Waals surface area (Å²) < 4.78 is 26.5. The summed E-state index contributed by atoms with van der Waals surface area (Å²) in [5.74, 6) is 5.13. The van der Waals surface area contributed by atoms with Crippen molar-refractivity contribution in [2.24, 2.45) is 5.73 Å². The van der Waals surface area contributed by atoms with Crippen LogP contribution in [0.15, 0.2) is 29.2 Å². The van der Waals surface area contributed by atoms with Crippen molar-refractivity contribution >= 4 is 15.9 Å². The van der Waals surface area contributed by atoms with E-state index in [4.69, 9.17) is 5.73 Å². The van der Waals surface area contributed by atoms with E-state index in [1.165, 1.54) is 17.0 Å². The molecule has 0 aliphatic rings. The van der Waals surface area contributed by atoms with Gasteiger partial charge in [-0.25, -0.2) is 13.1 Å². The Morgan fingerprint density at radius 2 is 2.14 bits per heavy atom. The quantitative estimate of drug-likeness (QED) is 0.734. The van der Waals surface area contributed by atoms with Gasteiger partial charge in [-0.2, -0.15) is 0 Å². The lowest BCUT2D eigenvalue weighted by atomic mass is 10.2. The summed E-state index contributed by atoms with van der Waals surface area (Å²) >= 11 is 0. The van der Waals surface area contributed by atoms with Crippen LogP contribution >= 0.6 is 0 Å². The minimum absolute atomic E-state index is 0.0678. The molecule has 0 atom stereocenters. The van der Waals surface area contributed by atoms with Crippen molar-refractivity contribution in [2.75, 3.05) is 26.7 Å². The summed E-state index contributed by atoms with van der Waals surface area (Å²) in [4.78, 5) is 13.1. The number of likely N-dealkylation sites (N-methyl/N-ethyl adjacent to an activating group) is 1. The van der Waals surface area contributed by atoms with Crippen LogP contribution in [0.1, 0.15) is 12.5 Å². The topological polar surface area (TPSA) is 92.5 Å². The van der Waals surface area contributed by atoms with Crippen LogP contribution in [0, 0.1) is 11.8 Å². The normalized spacial score (nSPS) is 10.6. The molecule has 1 rings (SSSR count). The molecule has 0 unspecified atom stereocenters. The van der Waals surface area contributed by atoms with E-state index in [0.717, 1.165) is 0 Å². The smallest absolute Gasteiger partial charge is 0.241 e. The molecule has 114 valence electrons. The Bertz CT molecular complexity index is 660. The number of sulfonamides is 1. The van der Waals surface area contributed by atoms with Crippen molar-refractivity contribution in [3.63, 3.8) is 0 Å². The number of amides is 1. The molecule has 0 heterocycles. The van der Waals surface area contributed by atoms with Gasteiger partial charge in [-0.1, -0.05) is 17.9 Å². The van der Waals surface area contributed by atoms with Gasteiger partial charge >= 0.3 is 0 Å². The zero-order valence-electron chi connectivity index (χ0n) is 12.1. The Labute approximate surface area is 125 Å². The summed E-state index contributed by atoms with van der Waals surface area (Å²) in [5, 5.41) is 0. The molecule has 0 bridgehead atoms. The molecule has 0 aliphatic carbocycles. The van der Waals surface area contributed by atoms with Gasteiger partial charge in [0.15, 0.2) is 0 Å². The zero-order valence-corrected chi connectivity index (χ0v) is 12.9. The number of hydrogen-bond acceptors (Lipinski definition) is 4. The average molecular weight is 309 g/mol. The number of rotatable bonds is 5. The summed E-state index contributed by atoms with van der Waals surface area (Å²) in [6, 6.07) is 6.18. The van der Waals surface area contributed by atoms with Crippen molar-refractivity contribution in [2.45, 2.75) is 11.8 Å². The first kappa shape index (κ1) is 17.2. The van der Waals surface area contributed by atoms with Gasteiger partial charge in [0.2, 0.25) is 15.9 Å². The maximum Gasteiger partial charge on any atom is 0.241 e. The SMILES string of the molecule is CCN(C)C(=O)CNS(=O)(=O)c1cccc(C#CCN)c1. The molecule has 0 aromatic heterocycles. The monoisotopic (exact) mass is 309 g/mol. The Hall–Kier alpha value is -1.88. The number of nitrogens with zero attached hydrogens (tertiary/aromatic N) is 1. The minimum Gasteiger partial charge on any atom is -0.345 e. The molecule has 1 aromatic rings. The average Bonchev–Trinajstić information content (AvgIpc) is 2.50. The standard InChI is InChI=1S/C14H19N3O3S/c1-3-17(2)14(18)11-16-21(19,20)13-8-4-6-12(10-13)7-5-9-15/h4,6,8,10,16H,3,9,11,15H2,1-2H3. The Morgan fingerprint density at radius 1 is 1.43 bits per heavy atom. The van der Waals surface area contributed by atoms with Gasteiger partial charge in [0.1, 0.15) is 0 Å². The van der Waals surface area contributed by atoms with Crippen molar-refractivity contribution < 1.29 is 13.2 Å². The second kappa shape index (κ2) is 7.78. The van der Waals surface area contributed by atoms with Gasteiger partial charge < -0.3 is 10.6 Å². The van der Waals surface area contributed by atoms with Crippen LogP contribution in [0.5, 0.6) is 0 Å². The maximum absolute atomic E-state index is 12.1. The van der Waals surface area contributed by atoms with E-state index < -0.39 is 10.0 Å². The predicted octanol–water partition coefficient (Wildman–Crippen LogP) is -0.247. The van der Waals surface area contributed by atoms with Crippen molar-refractivity contribution in [3.05, 3.63) is 29.8 Å². The van der Waals surface area contributed by atoms with E-state index >= 15 is 0 Å². The molecular weight excluding hydrogens is 290 g/mol. The third kappa shape index (κ3) is 5.19. The van der Waals surface area contributed by atoms with Gasteiger partial charge in [0.05, 0.1) is 18.0 Å². The van der Waals surface area contributed by atoms with Crippen LogP contribution in [0.2, 0.25) is 0 Å². The molecule has 3 N–H and O–H groups in total. The maximum atomic E-state index is 12.1. The van der Waals surface area contributed by atoms with Crippen LogP contribution in [0.25, 0.3) is 0 Å². The van der Waals surface area contributed by atoms with Crippen LogP contribution in [0.4, 0.5) is 0 Å². The fraction of sp³-hybridized carbons (Fsp3) is 0.357. The van der Waals surface area contributed by atoms with E-state index in [0.29, 0.717) is 12.1 Å². The molecule has 0 spiro atoms. The fourth-order valence-corrected chi connectivity index (χ4v) is 2.47.